The zero-order chi connectivity index (χ0) is 13.1. The van der Waals surface area contributed by atoms with Crippen molar-refractivity contribution in [2.45, 2.75) is 26.2 Å². The van der Waals surface area contributed by atoms with Gasteiger partial charge in [0.25, 0.3) is 0 Å². The molecule has 2 heterocycles. The molecule has 2 aromatic heterocycles. The van der Waals surface area contributed by atoms with Crippen LogP contribution in [0.3, 0.4) is 0 Å². The maximum absolute atomic E-state index is 4.63. The van der Waals surface area contributed by atoms with Crippen molar-refractivity contribution in [2.75, 3.05) is 0 Å². The molecule has 0 aliphatic carbocycles. The van der Waals surface area contributed by atoms with Gasteiger partial charge in [-0.15, -0.1) is 12.4 Å². The number of imidazole rings is 1. The van der Waals surface area contributed by atoms with Gasteiger partial charge < -0.3 is 0 Å². The highest BCUT2D eigenvalue weighted by molar-refractivity contribution is 5.91. The third-order valence-electron chi connectivity index (χ3n) is 3.41. The number of halogens is 1. The maximum atomic E-state index is 4.63. The molecule has 104 valence electrons. The van der Waals surface area contributed by atoms with Crippen LogP contribution >= 0.6 is 12.4 Å². The molecule has 3 aromatic rings. The first-order valence-electron chi connectivity index (χ1n) is 6.75. The summed E-state index contributed by atoms with van der Waals surface area (Å²) < 4.78 is 1.96. The Bertz CT molecular complexity index is 677. The fourth-order valence-electron chi connectivity index (χ4n) is 2.39. The van der Waals surface area contributed by atoms with Crippen LogP contribution in [-0.4, -0.2) is 14.5 Å². The fraction of sp³-hybridized carbons (Fsp3) is 0.250. The maximum Gasteiger partial charge on any atom is 0.145 e. The molecule has 0 unspecified atom stereocenters. The second kappa shape index (κ2) is 6.53. The minimum Gasteiger partial charge on any atom is -0.290 e. The topological polar surface area (TPSA) is 30.7 Å². The van der Waals surface area contributed by atoms with E-state index < -0.39 is 0 Å². The number of hydrogen-bond donors (Lipinski definition) is 0. The van der Waals surface area contributed by atoms with Gasteiger partial charge in [0.1, 0.15) is 12.1 Å². The van der Waals surface area contributed by atoms with Crippen LogP contribution in [0.5, 0.6) is 0 Å². The van der Waals surface area contributed by atoms with E-state index in [2.05, 4.69) is 41.2 Å². The first-order valence-corrected chi connectivity index (χ1v) is 6.75. The Morgan fingerprint density at radius 1 is 1.15 bits per heavy atom. The largest absolute Gasteiger partial charge is 0.290 e. The molecule has 3 rings (SSSR count). The van der Waals surface area contributed by atoms with Crippen molar-refractivity contribution in [1.82, 2.24) is 14.5 Å². The van der Waals surface area contributed by atoms with Crippen LogP contribution in [0.4, 0.5) is 0 Å². The molecular formula is C16H18ClN3. The van der Waals surface area contributed by atoms with Gasteiger partial charge in [0.2, 0.25) is 0 Å². The lowest BCUT2D eigenvalue weighted by Gasteiger charge is -2.10. The number of unbranched alkanes of at least 4 members (excludes halogenated alkanes) is 1. The van der Waals surface area contributed by atoms with Crippen LogP contribution in [0.15, 0.2) is 49.2 Å². The Balaban J connectivity index is 0.00000147. The number of hydrogen-bond acceptors (Lipinski definition) is 2. The van der Waals surface area contributed by atoms with Gasteiger partial charge in [0.15, 0.2) is 0 Å². The molecule has 0 aliphatic rings. The summed E-state index contributed by atoms with van der Waals surface area (Å²) in [5.41, 5.74) is 1.33. The van der Waals surface area contributed by atoms with Gasteiger partial charge in [0, 0.05) is 24.0 Å². The summed E-state index contributed by atoms with van der Waals surface area (Å²) in [5.74, 6) is 0.952. The number of pyridine rings is 1. The zero-order valence-electron chi connectivity index (χ0n) is 11.5. The zero-order valence-corrected chi connectivity index (χ0v) is 12.3. The summed E-state index contributed by atoms with van der Waals surface area (Å²) in [5, 5.41) is 2.49. The smallest absolute Gasteiger partial charge is 0.145 e. The summed E-state index contributed by atoms with van der Waals surface area (Å²) in [6.07, 6.45) is 11.0. The minimum atomic E-state index is 0. The van der Waals surface area contributed by atoms with E-state index in [1.54, 1.807) is 12.5 Å². The monoisotopic (exact) mass is 287 g/mol. The van der Waals surface area contributed by atoms with Gasteiger partial charge in [-0.2, -0.15) is 0 Å². The predicted molar refractivity (Wildman–Crippen MR) is 84.7 cm³/mol. The molecule has 0 saturated carbocycles. The van der Waals surface area contributed by atoms with Crippen LogP contribution in [0.2, 0.25) is 0 Å². The highest BCUT2D eigenvalue weighted by Gasteiger charge is 2.08. The van der Waals surface area contributed by atoms with Gasteiger partial charge in [-0.25, -0.2) is 9.97 Å². The Morgan fingerprint density at radius 2 is 1.95 bits per heavy atom. The molecule has 1 aromatic carbocycles. The van der Waals surface area contributed by atoms with Crippen molar-refractivity contribution in [3.05, 3.63) is 54.7 Å². The Hall–Kier alpha value is -1.87. The number of fused-ring (bicyclic) bond motifs is 1. The van der Waals surface area contributed by atoms with E-state index in [0.29, 0.717) is 0 Å². The molecule has 0 spiro atoms. The molecule has 3 nitrogen and oxygen atoms in total. The second-order valence-corrected chi connectivity index (χ2v) is 4.73. The van der Waals surface area contributed by atoms with Crippen molar-refractivity contribution in [2.24, 2.45) is 0 Å². The van der Waals surface area contributed by atoms with E-state index in [1.807, 2.05) is 17.0 Å². The minimum absolute atomic E-state index is 0. The fourth-order valence-corrected chi connectivity index (χ4v) is 2.39. The standard InChI is InChI=1S/C16H17N3.ClH/c1-2-3-6-13-11-18-16(19-10-9-17-12-19)15-8-5-4-7-14(13)15;/h4-5,7-12H,2-3,6H2,1H3;1H. The molecule has 0 bridgehead atoms. The van der Waals surface area contributed by atoms with Crippen molar-refractivity contribution >= 4 is 23.2 Å². The Kier molecular flexibility index (Phi) is 4.74. The molecule has 0 saturated heterocycles. The number of aromatic nitrogens is 3. The van der Waals surface area contributed by atoms with Crippen LogP contribution in [0.25, 0.3) is 16.6 Å². The quantitative estimate of drug-likeness (QED) is 0.720. The first kappa shape index (κ1) is 14.5. The summed E-state index contributed by atoms with van der Waals surface area (Å²) in [4.78, 5) is 8.73. The van der Waals surface area contributed by atoms with Gasteiger partial charge in [-0.05, 0) is 23.8 Å². The van der Waals surface area contributed by atoms with Crippen molar-refractivity contribution in [3.8, 4) is 5.82 Å². The lowest BCUT2D eigenvalue weighted by Crippen LogP contribution is -1.98. The summed E-state index contributed by atoms with van der Waals surface area (Å²) >= 11 is 0. The van der Waals surface area contributed by atoms with Crippen LogP contribution in [-0.2, 0) is 6.42 Å². The molecule has 0 fully saturated rings. The van der Waals surface area contributed by atoms with Crippen LogP contribution in [0.1, 0.15) is 25.3 Å². The molecular weight excluding hydrogens is 270 g/mol. The summed E-state index contributed by atoms with van der Waals surface area (Å²) in [6.45, 7) is 2.22. The van der Waals surface area contributed by atoms with Crippen molar-refractivity contribution in [3.63, 3.8) is 0 Å². The number of rotatable bonds is 4. The van der Waals surface area contributed by atoms with E-state index in [-0.39, 0.29) is 12.4 Å². The number of nitrogens with zero attached hydrogens (tertiary/aromatic N) is 3. The highest BCUT2D eigenvalue weighted by atomic mass is 35.5. The van der Waals surface area contributed by atoms with E-state index in [0.717, 1.165) is 12.2 Å². The van der Waals surface area contributed by atoms with Gasteiger partial charge in [-0.3, -0.25) is 4.57 Å². The first-order chi connectivity index (χ1) is 9.40. The SMILES string of the molecule is CCCCc1cnc(-n2ccnc2)c2ccccc12.Cl. The summed E-state index contributed by atoms with van der Waals surface area (Å²) in [7, 11) is 0. The predicted octanol–water partition coefficient (Wildman–Crippen LogP) is 4.18. The average Bonchev–Trinajstić information content (AvgIpc) is 2.98. The van der Waals surface area contributed by atoms with Crippen LogP contribution in [0, 0.1) is 0 Å². The summed E-state index contributed by atoms with van der Waals surface area (Å²) in [6, 6.07) is 8.47. The van der Waals surface area contributed by atoms with E-state index in [1.165, 1.54) is 29.2 Å². The van der Waals surface area contributed by atoms with Crippen molar-refractivity contribution in [1.29, 1.82) is 0 Å². The Morgan fingerprint density at radius 3 is 2.65 bits per heavy atom. The average molecular weight is 288 g/mol. The molecule has 20 heavy (non-hydrogen) atoms. The second-order valence-electron chi connectivity index (χ2n) is 4.73. The Labute approximate surface area is 125 Å². The van der Waals surface area contributed by atoms with Gasteiger partial charge >= 0.3 is 0 Å². The van der Waals surface area contributed by atoms with E-state index >= 15 is 0 Å². The van der Waals surface area contributed by atoms with E-state index in [4.69, 9.17) is 0 Å². The third kappa shape index (κ3) is 2.68. The molecule has 0 N–H and O–H groups in total. The van der Waals surface area contributed by atoms with Gasteiger partial charge in [0.05, 0.1) is 0 Å². The molecule has 0 amide bonds. The van der Waals surface area contributed by atoms with Crippen LogP contribution < -0.4 is 0 Å². The number of aryl methyl sites for hydroxylation is 1. The highest BCUT2D eigenvalue weighted by Crippen LogP contribution is 2.24. The number of benzene rings is 1. The molecule has 0 aliphatic heterocycles. The lowest BCUT2D eigenvalue weighted by molar-refractivity contribution is 0.795. The third-order valence-corrected chi connectivity index (χ3v) is 3.41. The lowest BCUT2D eigenvalue weighted by atomic mass is 10.0. The molecule has 0 radical (unpaired) electrons. The van der Waals surface area contributed by atoms with Crippen molar-refractivity contribution < 1.29 is 0 Å². The van der Waals surface area contributed by atoms with E-state index in [9.17, 15) is 0 Å². The normalized spacial score (nSPS) is 10.4. The molecule has 4 heteroatoms. The molecule has 0 atom stereocenters. The van der Waals surface area contributed by atoms with Gasteiger partial charge in [-0.1, -0.05) is 37.6 Å².